The third kappa shape index (κ3) is 3.16. The van der Waals surface area contributed by atoms with Gasteiger partial charge in [-0.25, -0.2) is 4.98 Å². The van der Waals surface area contributed by atoms with Crippen LogP contribution in [-0.4, -0.2) is 39.3 Å². The fourth-order valence-corrected chi connectivity index (χ4v) is 1.81. The summed E-state index contributed by atoms with van der Waals surface area (Å²) in [6.45, 7) is 7.25. The van der Waals surface area contributed by atoms with E-state index < -0.39 is 0 Å². The summed E-state index contributed by atoms with van der Waals surface area (Å²) in [4.78, 5) is 17.6. The first-order chi connectivity index (χ1) is 7.19. The van der Waals surface area contributed by atoms with Crippen molar-refractivity contribution in [1.29, 1.82) is 0 Å². The second-order valence-electron chi connectivity index (χ2n) is 3.12. The molecule has 0 aliphatic carbocycles. The van der Waals surface area contributed by atoms with Crippen LogP contribution in [0.5, 0.6) is 0 Å². The third-order valence-electron chi connectivity index (χ3n) is 2.15. The number of likely N-dealkylation sites (N-methyl/N-ethyl adjacent to an activating group) is 1. The summed E-state index contributed by atoms with van der Waals surface area (Å²) in [5.41, 5.74) is 0. The van der Waals surface area contributed by atoms with Crippen molar-refractivity contribution in [2.45, 2.75) is 26.8 Å². The molecule has 0 saturated heterocycles. The van der Waals surface area contributed by atoms with E-state index in [-0.39, 0.29) is 11.9 Å². The van der Waals surface area contributed by atoms with Gasteiger partial charge in [0.1, 0.15) is 12.4 Å². The standard InChI is InChI=1S/C9H16N4OS/c1-4-13(5-2)8(14)7(3)12-9-10-6-11-15-9/h6-7H,4-5H2,1-3H3,(H,10,11,12). The number of nitrogens with zero attached hydrogens (tertiary/aromatic N) is 3. The molecule has 1 amide bonds. The minimum Gasteiger partial charge on any atom is -0.349 e. The van der Waals surface area contributed by atoms with Crippen LogP contribution >= 0.6 is 11.5 Å². The highest BCUT2D eigenvalue weighted by molar-refractivity contribution is 7.09. The van der Waals surface area contributed by atoms with Crippen molar-refractivity contribution in [2.24, 2.45) is 0 Å². The normalized spacial score (nSPS) is 12.2. The topological polar surface area (TPSA) is 58.1 Å². The van der Waals surface area contributed by atoms with E-state index in [1.165, 1.54) is 17.9 Å². The zero-order chi connectivity index (χ0) is 11.3. The van der Waals surface area contributed by atoms with Gasteiger partial charge in [0.2, 0.25) is 11.0 Å². The van der Waals surface area contributed by atoms with Crippen molar-refractivity contribution >= 4 is 22.6 Å². The first kappa shape index (κ1) is 11.9. The highest BCUT2D eigenvalue weighted by atomic mass is 32.1. The molecule has 0 fully saturated rings. The summed E-state index contributed by atoms with van der Waals surface area (Å²) < 4.78 is 3.86. The number of amides is 1. The number of carbonyl (C=O) groups is 1. The molecular weight excluding hydrogens is 212 g/mol. The maximum atomic E-state index is 11.9. The summed E-state index contributed by atoms with van der Waals surface area (Å²) in [5.74, 6) is 0.0928. The average Bonchev–Trinajstić information content (AvgIpc) is 2.72. The molecule has 0 spiro atoms. The lowest BCUT2D eigenvalue weighted by atomic mass is 10.3. The average molecular weight is 228 g/mol. The molecule has 15 heavy (non-hydrogen) atoms. The molecule has 1 aromatic rings. The van der Waals surface area contributed by atoms with E-state index in [1.54, 1.807) is 4.90 Å². The molecule has 0 bridgehead atoms. The number of hydrogen-bond acceptors (Lipinski definition) is 5. The predicted molar refractivity (Wildman–Crippen MR) is 60.9 cm³/mol. The lowest BCUT2D eigenvalue weighted by Crippen LogP contribution is -2.41. The molecule has 1 heterocycles. The van der Waals surface area contributed by atoms with Gasteiger partial charge < -0.3 is 10.2 Å². The van der Waals surface area contributed by atoms with Gasteiger partial charge in [0.25, 0.3) is 0 Å². The van der Waals surface area contributed by atoms with Gasteiger partial charge in [-0.15, -0.1) is 0 Å². The van der Waals surface area contributed by atoms with Crippen LogP contribution in [0, 0.1) is 0 Å². The quantitative estimate of drug-likeness (QED) is 0.823. The Hall–Kier alpha value is -1.17. The summed E-state index contributed by atoms with van der Waals surface area (Å²) in [6, 6.07) is -0.252. The molecule has 5 nitrogen and oxygen atoms in total. The summed E-state index contributed by atoms with van der Waals surface area (Å²) >= 11 is 1.25. The first-order valence-electron chi connectivity index (χ1n) is 5.01. The van der Waals surface area contributed by atoms with E-state index >= 15 is 0 Å². The van der Waals surface area contributed by atoms with Crippen LogP contribution in [0.4, 0.5) is 5.13 Å². The van der Waals surface area contributed by atoms with E-state index in [4.69, 9.17) is 0 Å². The maximum Gasteiger partial charge on any atom is 0.244 e. The molecule has 0 aliphatic heterocycles. The Balaban J connectivity index is 2.53. The molecule has 1 atom stereocenters. The molecule has 0 saturated carbocycles. The second-order valence-corrected chi connectivity index (χ2v) is 3.90. The highest BCUT2D eigenvalue weighted by Gasteiger charge is 2.18. The number of anilines is 1. The van der Waals surface area contributed by atoms with Crippen LogP contribution in [0.2, 0.25) is 0 Å². The van der Waals surface area contributed by atoms with Crippen molar-refractivity contribution in [3.05, 3.63) is 6.33 Å². The van der Waals surface area contributed by atoms with Crippen LogP contribution in [0.1, 0.15) is 20.8 Å². The molecule has 1 unspecified atom stereocenters. The van der Waals surface area contributed by atoms with Gasteiger partial charge in [0.05, 0.1) is 0 Å². The first-order valence-corrected chi connectivity index (χ1v) is 5.78. The van der Waals surface area contributed by atoms with Gasteiger partial charge in [-0.05, 0) is 20.8 Å². The number of hydrogen-bond donors (Lipinski definition) is 1. The number of carbonyl (C=O) groups excluding carboxylic acids is 1. The zero-order valence-corrected chi connectivity index (χ0v) is 10.0. The molecule has 0 radical (unpaired) electrons. The number of aromatic nitrogens is 2. The fraction of sp³-hybridized carbons (Fsp3) is 0.667. The van der Waals surface area contributed by atoms with Crippen LogP contribution in [0.25, 0.3) is 0 Å². The molecule has 6 heteroatoms. The van der Waals surface area contributed by atoms with E-state index in [9.17, 15) is 4.79 Å². The van der Waals surface area contributed by atoms with Gasteiger partial charge in [-0.2, -0.15) is 4.37 Å². The second kappa shape index (κ2) is 5.65. The Labute approximate surface area is 93.7 Å². The Morgan fingerprint density at radius 3 is 2.73 bits per heavy atom. The number of rotatable bonds is 5. The molecule has 1 aromatic heterocycles. The monoisotopic (exact) mass is 228 g/mol. The van der Waals surface area contributed by atoms with E-state index in [0.29, 0.717) is 5.13 Å². The highest BCUT2D eigenvalue weighted by Crippen LogP contribution is 2.09. The van der Waals surface area contributed by atoms with Crippen molar-refractivity contribution in [2.75, 3.05) is 18.4 Å². The van der Waals surface area contributed by atoms with Crippen molar-refractivity contribution in [3.63, 3.8) is 0 Å². The van der Waals surface area contributed by atoms with Gasteiger partial charge >= 0.3 is 0 Å². The summed E-state index contributed by atoms with van der Waals surface area (Å²) in [7, 11) is 0. The molecule has 84 valence electrons. The Morgan fingerprint density at radius 1 is 1.60 bits per heavy atom. The Kier molecular flexibility index (Phi) is 4.48. The summed E-state index contributed by atoms with van der Waals surface area (Å²) in [5, 5.41) is 3.71. The van der Waals surface area contributed by atoms with Gasteiger partial charge in [-0.3, -0.25) is 4.79 Å². The van der Waals surface area contributed by atoms with Crippen LogP contribution < -0.4 is 5.32 Å². The maximum absolute atomic E-state index is 11.9. The molecular formula is C9H16N4OS. The largest absolute Gasteiger partial charge is 0.349 e. The molecule has 0 aliphatic rings. The third-order valence-corrected chi connectivity index (χ3v) is 2.74. The fourth-order valence-electron chi connectivity index (χ4n) is 1.29. The molecule has 1 N–H and O–H groups in total. The lowest BCUT2D eigenvalue weighted by molar-refractivity contribution is -0.131. The molecule has 1 rings (SSSR count). The lowest BCUT2D eigenvalue weighted by Gasteiger charge is -2.22. The zero-order valence-electron chi connectivity index (χ0n) is 9.23. The minimum atomic E-state index is -0.252. The molecule has 0 aromatic carbocycles. The van der Waals surface area contributed by atoms with Gasteiger partial charge in [-0.1, -0.05) is 0 Å². The van der Waals surface area contributed by atoms with E-state index in [0.717, 1.165) is 13.1 Å². The van der Waals surface area contributed by atoms with E-state index in [2.05, 4.69) is 14.7 Å². The van der Waals surface area contributed by atoms with E-state index in [1.807, 2.05) is 20.8 Å². The van der Waals surface area contributed by atoms with Crippen LogP contribution in [-0.2, 0) is 4.79 Å². The minimum absolute atomic E-state index is 0.0928. The van der Waals surface area contributed by atoms with Crippen LogP contribution in [0.15, 0.2) is 6.33 Å². The number of nitrogens with one attached hydrogen (secondary N) is 1. The SMILES string of the molecule is CCN(CC)C(=O)C(C)Nc1ncns1. The van der Waals surface area contributed by atoms with Gasteiger partial charge in [0.15, 0.2) is 0 Å². The van der Waals surface area contributed by atoms with Crippen molar-refractivity contribution in [1.82, 2.24) is 14.3 Å². The van der Waals surface area contributed by atoms with Crippen molar-refractivity contribution < 1.29 is 4.79 Å². The summed E-state index contributed by atoms with van der Waals surface area (Å²) in [6.07, 6.45) is 1.47. The van der Waals surface area contributed by atoms with Crippen molar-refractivity contribution in [3.8, 4) is 0 Å². The smallest absolute Gasteiger partial charge is 0.244 e. The van der Waals surface area contributed by atoms with Crippen LogP contribution in [0.3, 0.4) is 0 Å². The Bertz CT molecular complexity index is 297. The Morgan fingerprint density at radius 2 is 2.27 bits per heavy atom. The predicted octanol–water partition coefficient (Wildman–Crippen LogP) is 1.21. The van der Waals surface area contributed by atoms with Gasteiger partial charge in [0, 0.05) is 24.6 Å².